The first-order chi connectivity index (χ1) is 20.3. The topological polar surface area (TPSA) is 101 Å². The summed E-state index contributed by atoms with van der Waals surface area (Å²) in [6.45, 7) is 1.80. The monoisotopic (exact) mass is 557 g/mol. The van der Waals surface area contributed by atoms with Gasteiger partial charge in [-0.2, -0.15) is 0 Å². The maximum Gasteiger partial charge on any atom is 0.335 e. The maximum absolute atomic E-state index is 13.8. The highest BCUT2D eigenvalue weighted by atomic mass is 19.1. The Hall–Kier alpha value is -5.63. The van der Waals surface area contributed by atoms with Crippen LogP contribution >= 0.6 is 0 Å². The zero-order valence-electron chi connectivity index (χ0n) is 22.4. The number of fused-ring (bicyclic) bond motifs is 2. The minimum absolute atomic E-state index is 0.148. The van der Waals surface area contributed by atoms with Crippen LogP contribution in [0.25, 0.3) is 27.5 Å². The molecule has 0 saturated heterocycles. The quantitative estimate of drug-likeness (QED) is 0.212. The number of benzene rings is 4. The molecule has 0 spiro atoms. The maximum atomic E-state index is 13.8. The minimum Gasteiger partial charge on any atom is -0.478 e. The third-order valence-electron chi connectivity index (χ3n) is 7.25. The second-order valence-corrected chi connectivity index (χ2v) is 9.99. The summed E-state index contributed by atoms with van der Waals surface area (Å²) in [5, 5.41) is 13.6. The van der Waals surface area contributed by atoms with Crippen LogP contribution in [0.5, 0.6) is 0 Å². The van der Waals surface area contributed by atoms with Gasteiger partial charge in [-0.1, -0.05) is 60.7 Å². The van der Waals surface area contributed by atoms with Crippen LogP contribution in [0.4, 0.5) is 4.39 Å². The molecule has 4 aromatic carbocycles. The molecule has 42 heavy (non-hydrogen) atoms. The number of aromatic nitrogens is 2. The number of carbonyl (C=O) groups is 3. The molecule has 6 aromatic rings. The summed E-state index contributed by atoms with van der Waals surface area (Å²) in [5.41, 5.74) is 3.72. The van der Waals surface area contributed by atoms with Crippen molar-refractivity contribution < 1.29 is 23.9 Å². The van der Waals surface area contributed by atoms with Crippen molar-refractivity contribution in [3.8, 4) is 11.1 Å². The third-order valence-corrected chi connectivity index (χ3v) is 7.25. The minimum atomic E-state index is -1.03. The molecule has 0 fully saturated rings. The molecule has 2 aromatic heterocycles. The molecule has 8 heteroatoms. The van der Waals surface area contributed by atoms with Crippen molar-refractivity contribution in [2.75, 3.05) is 0 Å². The second kappa shape index (κ2) is 10.7. The van der Waals surface area contributed by atoms with Crippen LogP contribution in [0.1, 0.15) is 55.4 Å². The molecule has 0 unspecified atom stereocenters. The Labute approximate surface area is 239 Å². The van der Waals surface area contributed by atoms with Gasteiger partial charge in [0, 0.05) is 5.56 Å². The number of halogens is 1. The van der Waals surface area contributed by atoms with Crippen LogP contribution in [-0.2, 0) is 0 Å². The van der Waals surface area contributed by atoms with Crippen LogP contribution in [0.2, 0.25) is 0 Å². The van der Waals surface area contributed by atoms with Gasteiger partial charge in [0.05, 0.1) is 17.8 Å². The molecule has 1 atom stereocenters. The summed E-state index contributed by atoms with van der Waals surface area (Å²) in [4.78, 5) is 43.3. The highest BCUT2D eigenvalue weighted by Crippen LogP contribution is 2.26. The van der Waals surface area contributed by atoms with Crippen molar-refractivity contribution in [3.63, 3.8) is 0 Å². The summed E-state index contributed by atoms with van der Waals surface area (Å²) in [6.07, 6.45) is 1.45. The number of imidazole rings is 1. The third kappa shape index (κ3) is 5.01. The number of hydrogen-bond acceptors (Lipinski definition) is 4. The van der Waals surface area contributed by atoms with Crippen molar-refractivity contribution in [1.82, 2.24) is 14.7 Å². The van der Waals surface area contributed by atoms with Gasteiger partial charge in [0.25, 0.3) is 5.91 Å². The van der Waals surface area contributed by atoms with E-state index in [4.69, 9.17) is 0 Å². The van der Waals surface area contributed by atoms with E-state index in [0.717, 1.165) is 16.7 Å². The molecule has 0 bridgehead atoms. The number of aromatic carboxylic acids is 1. The number of carbonyl (C=O) groups excluding carboxylic acids is 2. The molecule has 6 rings (SSSR count). The van der Waals surface area contributed by atoms with Crippen LogP contribution < -0.4 is 5.32 Å². The van der Waals surface area contributed by atoms with Gasteiger partial charge in [0.15, 0.2) is 0 Å². The average Bonchev–Trinajstić information content (AvgIpc) is 3.44. The molecule has 0 aliphatic rings. The molecule has 1 amide bonds. The largest absolute Gasteiger partial charge is 0.478 e. The van der Waals surface area contributed by atoms with E-state index in [0.29, 0.717) is 22.0 Å². The standard InChI is InChI=1S/C34H24FN3O4/c1-20(21-7-9-23(10-8-21)34(41)42)37-33(40)29-17-27(22-5-3-2-4-6-22)18-31-36-19-30(38(29)31)32(39)26-12-11-25-16-28(35)14-13-24(25)15-26/h2-20H,1H3,(H,37,40)(H,41,42)/t20-/m0/s1. The van der Waals surface area contributed by atoms with Gasteiger partial charge in [-0.25, -0.2) is 14.2 Å². The number of amides is 1. The average molecular weight is 558 g/mol. The fourth-order valence-electron chi connectivity index (χ4n) is 5.01. The van der Waals surface area contributed by atoms with Gasteiger partial charge in [0.2, 0.25) is 5.78 Å². The van der Waals surface area contributed by atoms with Crippen LogP contribution in [0.3, 0.4) is 0 Å². The molecule has 0 radical (unpaired) electrons. The number of hydrogen-bond donors (Lipinski definition) is 2. The first-order valence-electron chi connectivity index (χ1n) is 13.2. The normalized spacial score (nSPS) is 11.9. The molecule has 2 heterocycles. The Balaban J connectivity index is 1.42. The lowest BCUT2D eigenvalue weighted by atomic mass is 10.0. The molecule has 2 N–H and O–H groups in total. The Morgan fingerprint density at radius 3 is 2.21 bits per heavy atom. The molecule has 0 aliphatic carbocycles. The number of pyridine rings is 1. The number of carboxylic acids is 1. The predicted molar refractivity (Wildman–Crippen MR) is 157 cm³/mol. The number of nitrogens with zero attached hydrogens (tertiary/aromatic N) is 2. The Bertz CT molecular complexity index is 2000. The summed E-state index contributed by atoms with van der Waals surface area (Å²) in [5.74, 6) is -2.17. The van der Waals surface area contributed by atoms with E-state index in [1.54, 1.807) is 53.8 Å². The summed E-state index contributed by atoms with van der Waals surface area (Å²) in [6, 6.07) is 28.3. The van der Waals surface area contributed by atoms with E-state index in [-0.39, 0.29) is 28.6 Å². The molecule has 7 nitrogen and oxygen atoms in total. The molecular weight excluding hydrogens is 533 g/mol. The summed E-state index contributed by atoms with van der Waals surface area (Å²) >= 11 is 0. The van der Waals surface area contributed by atoms with Crippen molar-refractivity contribution in [1.29, 1.82) is 0 Å². The van der Waals surface area contributed by atoms with Crippen LogP contribution in [0.15, 0.2) is 109 Å². The lowest BCUT2D eigenvalue weighted by Crippen LogP contribution is -2.29. The van der Waals surface area contributed by atoms with Crippen LogP contribution in [0, 0.1) is 5.82 Å². The lowest BCUT2D eigenvalue weighted by Gasteiger charge is -2.17. The van der Waals surface area contributed by atoms with Gasteiger partial charge < -0.3 is 10.4 Å². The van der Waals surface area contributed by atoms with E-state index in [2.05, 4.69) is 10.3 Å². The predicted octanol–water partition coefficient (Wildman–Crippen LogP) is 6.71. The van der Waals surface area contributed by atoms with Gasteiger partial charge in [-0.3, -0.25) is 14.0 Å². The van der Waals surface area contributed by atoms with E-state index in [9.17, 15) is 23.9 Å². The van der Waals surface area contributed by atoms with Crippen molar-refractivity contribution in [2.45, 2.75) is 13.0 Å². The fraction of sp³-hybridized carbons (Fsp3) is 0.0588. The molecular formula is C34H24FN3O4. The van der Waals surface area contributed by atoms with E-state index < -0.39 is 17.9 Å². The number of rotatable bonds is 7. The van der Waals surface area contributed by atoms with Crippen LogP contribution in [-0.4, -0.2) is 32.2 Å². The second-order valence-electron chi connectivity index (χ2n) is 9.99. The highest BCUT2D eigenvalue weighted by molar-refractivity contribution is 6.11. The molecule has 0 saturated carbocycles. The Morgan fingerprint density at radius 2 is 1.48 bits per heavy atom. The zero-order valence-corrected chi connectivity index (χ0v) is 22.4. The summed E-state index contributed by atoms with van der Waals surface area (Å²) < 4.78 is 15.2. The first kappa shape index (κ1) is 26.6. The Morgan fingerprint density at radius 1 is 0.786 bits per heavy atom. The van der Waals surface area contributed by atoms with Crippen molar-refractivity contribution in [3.05, 3.63) is 143 Å². The Kier molecular flexibility index (Phi) is 6.80. The van der Waals surface area contributed by atoms with E-state index in [1.165, 1.54) is 30.5 Å². The highest BCUT2D eigenvalue weighted by Gasteiger charge is 2.23. The van der Waals surface area contributed by atoms with E-state index >= 15 is 0 Å². The van der Waals surface area contributed by atoms with Crippen molar-refractivity contribution >= 4 is 34.1 Å². The fourth-order valence-corrected chi connectivity index (χ4v) is 5.01. The zero-order chi connectivity index (χ0) is 29.4. The van der Waals surface area contributed by atoms with Gasteiger partial charge in [0.1, 0.15) is 22.9 Å². The number of ketones is 1. The SMILES string of the molecule is C[C@H](NC(=O)c1cc(-c2ccccc2)cc2ncc(C(=O)c3ccc4cc(F)ccc4c3)n12)c1ccc(C(=O)O)cc1. The summed E-state index contributed by atoms with van der Waals surface area (Å²) in [7, 11) is 0. The van der Waals surface area contributed by atoms with Gasteiger partial charge in [-0.15, -0.1) is 0 Å². The number of carboxylic acid groups (broad SMARTS) is 1. The smallest absolute Gasteiger partial charge is 0.335 e. The molecule has 0 aliphatic heterocycles. The van der Waals surface area contributed by atoms with Crippen molar-refractivity contribution in [2.24, 2.45) is 0 Å². The lowest BCUT2D eigenvalue weighted by molar-refractivity contribution is 0.0696. The van der Waals surface area contributed by atoms with E-state index in [1.807, 2.05) is 36.4 Å². The number of nitrogens with one attached hydrogen (secondary N) is 1. The molecule has 206 valence electrons. The van der Waals surface area contributed by atoms with Gasteiger partial charge in [-0.05, 0) is 76.9 Å². The first-order valence-corrected chi connectivity index (χ1v) is 13.2. The van der Waals surface area contributed by atoms with Gasteiger partial charge >= 0.3 is 5.97 Å².